The van der Waals surface area contributed by atoms with E-state index in [-0.39, 0.29) is 23.5 Å². The van der Waals surface area contributed by atoms with Gasteiger partial charge < -0.3 is 10.2 Å². The molecule has 4 rings (SSSR count). The maximum atomic E-state index is 13.7. The highest BCUT2D eigenvalue weighted by Crippen LogP contribution is 2.21. The highest BCUT2D eigenvalue weighted by molar-refractivity contribution is 5.87. The summed E-state index contributed by atoms with van der Waals surface area (Å²) in [5.41, 5.74) is 2.39. The minimum atomic E-state index is -0.245. The molecule has 160 valence electrons. The molecule has 31 heavy (non-hydrogen) atoms. The predicted octanol–water partition coefficient (Wildman–Crippen LogP) is 3.51. The third-order valence-corrected chi connectivity index (χ3v) is 5.93. The highest BCUT2D eigenvalue weighted by Gasteiger charge is 2.27. The third-order valence-electron chi connectivity index (χ3n) is 5.93. The number of rotatable bonds is 6. The number of para-hydroxylation sites is 1. The van der Waals surface area contributed by atoms with Crippen molar-refractivity contribution < 1.29 is 14.0 Å². The molecule has 0 bridgehead atoms. The molecule has 1 saturated heterocycles. The lowest BCUT2D eigenvalue weighted by atomic mass is 9.95. The van der Waals surface area contributed by atoms with E-state index in [0.717, 1.165) is 16.5 Å². The first kappa shape index (κ1) is 21.0. The molecule has 1 aliphatic rings. The summed E-state index contributed by atoms with van der Waals surface area (Å²) >= 11 is 0. The van der Waals surface area contributed by atoms with Gasteiger partial charge in [0.1, 0.15) is 5.82 Å². The van der Waals surface area contributed by atoms with Crippen LogP contribution in [0.15, 0.2) is 60.8 Å². The molecular formula is C25H26FN3O2. The first-order valence-corrected chi connectivity index (χ1v) is 10.7. The molecule has 0 saturated carbocycles. The number of amides is 2. The number of nitrogens with zero attached hydrogens (tertiary/aromatic N) is 2. The number of nitrogens with one attached hydrogen (secondary N) is 1. The number of pyridine rings is 1. The largest absolute Gasteiger partial charge is 0.356 e. The van der Waals surface area contributed by atoms with E-state index in [1.165, 1.54) is 6.07 Å². The number of likely N-dealkylation sites (tertiary alicyclic amines) is 1. The smallest absolute Gasteiger partial charge is 0.227 e. The molecule has 1 fully saturated rings. The van der Waals surface area contributed by atoms with Crippen LogP contribution >= 0.6 is 0 Å². The van der Waals surface area contributed by atoms with E-state index < -0.39 is 0 Å². The predicted molar refractivity (Wildman–Crippen MR) is 118 cm³/mol. The first-order valence-electron chi connectivity index (χ1n) is 10.7. The molecule has 1 N–H and O–H groups in total. The fourth-order valence-corrected chi connectivity index (χ4v) is 4.14. The van der Waals surface area contributed by atoms with Crippen molar-refractivity contribution in [2.45, 2.75) is 25.7 Å². The van der Waals surface area contributed by atoms with Crippen LogP contribution in [0.1, 0.15) is 24.0 Å². The summed E-state index contributed by atoms with van der Waals surface area (Å²) in [5.74, 6) is -0.299. The lowest BCUT2D eigenvalue weighted by Gasteiger charge is -2.31. The van der Waals surface area contributed by atoms with E-state index in [2.05, 4.69) is 10.3 Å². The summed E-state index contributed by atoms with van der Waals surface area (Å²) in [6.07, 6.45) is 3.81. The Morgan fingerprint density at radius 3 is 2.55 bits per heavy atom. The van der Waals surface area contributed by atoms with Gasteiger partial charge in [0.2, 0.25) is 11.8 Å². The molecule has 0 spiro atoms. The SMILES string of the molecule is O=C(NCCc1ccccc1F)C1CCN(C(=O)Cc2cccc3cccnc23)CC1. The van der Waals surface area contributed by atoms with Gasteiger partial charge >= 0.3 is 0 Å². The van der Waals surface area contributed by atoms with E-state index in [4.69, 9.17) is 0 Å². The second-order valence-corrected chi connectivity index (χ2v) is 7.96. The molecule has 6 heteroatoms. The molecule has 1 aromatic heterocycles. The van der Waals surface area contributed by atoms with Crippen molar-refractivity contribution in [2.24, 2.45) is 5.92 Å². The van der Waals surface area contributed by atoms with E-state index in [0.29, 0.717) is 50.9 Å². The Hall–Kier alpha value is -3.28. The lowest BCUT2D eigenvalue weighted by molar-refractivity contribution is -0.135. The van der Waals surface area contributed by atoms with Gasteiger partial charge in [-0.2, -0.15) is 0 Å². The van der Waals surface area contributed by atoms with Gasteiger partial charge in [0.25, 0.3) is 0 Å². The molecule has 0 atom stereocenters. The summed E-state index contributed by atoms with van der Waals surface area (Å²) in [5, 5.41) is 3.94. The Morgan fingerprint density at radius 2 is 1.74 bits per heavy atom. The van der Waals surface area contributed by atoms with Crippen molar-refractivity contribution in [1.29, 1.82) is 0 Å². The minimum absolute atomic E-state index is 0.0123. The summed E-state index contributed by atoms with van der Waals surface area (Å²) in [7, 11) is 0. The summed E-state index contributed by atoms with van der Waals surface area (Å²) < 4.78 is 13.7. The quantitative estimate of drug-likeness (QED) is 0.665. The standard InChI is InChI=1S/C25H26FN3O2/c26-22-9-2-1-5-18(22)10-14-28-25(31)20-11-15-29(16-12-20)23(30)17-21-7-3-6-19-8-4-13-27-24(19)21/h1-9,13,20H,10-12,14-17H2,(H,28,31). The zero-order valence-corrected chi connectivity index (χ0v) is 17.4. The molecular weight excluding hydrogens is 393 g/mol. The Labute approximate surface area is 181 Å². The van der Waals surface area contributed by atoms with Crippen LogP contribution < -0.4 is 5.32 Å². The second-order valence-electron chi connectivity index (χ2n) is 7.96. The fraction of sp³-hybridized carbons (Fsp3) is 0.320. The number of benzene rings is 2. The van der Waals surface area contributed by atoms with Crippen molar-refractivity contribution in [2.75, 3.05) is 19.6 Å². The normalized spacial score (nSPS) is 14.5. The van der Waals surface area contributed by atoms with Crippen LogP contribution in [0.2, 0.25) is 0 Å². The van der Waals surface area contributed by atoms with Gasteiger partial charge in [0.15, 0.2) is 0 Å². The third kappa shape index (κ3) is 5.08. The van der Waals surface area contributed by atoms with Gasteiger partial charge in [-0.1, -0.05) is 42.5 Å². The van der Waals surface area contributed by atoms with E-state index >= 15 is 0 Å². The number of halogens is 1. The van der Waals surface area contributed by atoms with Gasteiger partial charge in [-0.25, -0.2) is 4.39 Å². The van der Waals surface area contributed by atoms with Gasteiger partial charge in [-0.05, 0) is 42.5 Å². The molecule has 1 aliphatic heterocycles. The number of piperidine rings is 1. The lowest BCUT2D eigenvalue weighted by Crippen LogP contribution is -2.43. The van der Waals surface area contributed by atoms with Crippen LogP contribution in [0.3, 0.4) is 0 Å². The van der Waals surface area contributed by atoms with Gasteiger partial charge in [-0.3, -0.25) is 14.6 Å². The Bertz CT molecular complexity index is 1070. The van der Waals surface area contributed by atoms with Crippen LogP contribution in [-0.2, 0) is 22.4 Å². The maximum absolute atomic E-state index is 13.7. The van der Waals surface area contributed by atoms with E-state index in [1.807, 2.05) is 35.2 Å². The summed E-state index contributed by atoms with van der Waals surface area (Å²) in [6.45, 7) is 1.55. The number of carbonyl (C=O) groups is 2. The zero-order valence-electron chi connectivity index (χ0n) is 17.4. The molecule has 2 aromatic carbocycles. The second kappa shape index (κ2) is 9.69. The average Bonchev–Trinajstić information content (AvgIpc) is 2.80. The van der Waals surface area contributed by atoms with Crippen molar-refractivity contribution >= 4 is 22.7 Å². The van der Waals surface area contributed by atoms with Crippen molar-refractivity contribution in [3.8, 4) is 0 Å². The average molecular weight is 420 g/mol. The minimum Gasteiger partial charge on any atom is -0.356 e. The summed E-state index contributed by atoms with van der Waals surface area (Å²) in [6, 6.07) is 16.4. The van der Waals surface area contributed by atoms with Crippen LogP contribution in [0.25, 0.3) is 10.9 Å². The molecule has 0 radical (unpaired) electrons. The van der Waals surface area contributed by atoms with Crippen molar-refractivity contribution in [3.63, 3.8) is 0 Å². The van der Waals surface area contributed by atoms with Crippen LogP contribution in [0.4, 0.5) is 4.39 Å². The molecule has 0 unspecified atom stereocenters. The number of hydrogen-bond donors (Lipinski definition) is 1. The molecule has 2 heterocycles. The van der Waals surface area contributed by atoms with E-state index in [1.54, 1.807) is 24.4 Å². The topological polar surface area (TPSA) is 62.3 Å². The number of carbonyl (C=O) groups excluding carboxylic acids is 2. The molecule has 2 amide bonds. The monoisotopic (exact) mass is 419 g/mol. The van der Waals surface area contributed by atoms with Crippen LogP contribution in [0.5, 0.6) is 0 Å². The zero-order chi connectivity index (χ0) is 21.6. The van der Waals surface area contributed by atoms with Gasteiger partial charge in [0, 0.05) is 37.1 Å². The fourth-order valence-electron chi connectivity index (χ4n) is 4.14. The van der Waals surface area contributed by atoms with Crippen LogP contribution in [0, 0.1) is 11.7 Å². The highest BCUT2D eigenvalue weighted by atomic mass is 19.1. The Kier molecular flexibility index (Phi) is 6.55. The Morgan fingerprint density at radius 1 is 1.00 bits per heavy atom. The van der Waals surface area contributed by atoms with Crippen molar-refractivity contribution in [3.05, 3.63) is 77.7 Å². The maximum Gasteiger partial charge on any atom is 0.227 e. The van der Waals surface area contributed by atoms with Gasteiger partial charge in [-0.15, -0.1) is 0 Å². The first-order chi connectivity index (χ1) is 15.1. The molecule has 5 nitrogen and oxygen atoms in total. The van der Waals surface area contributed by atoms with Gasteiger partial charge in [0.05, 0.1) is 11.9 Å². The Balaban J connectivity index is 1.25. The van der Waals surface area contributed by atoms with E-state index in [9.17, 15) is 14.0 Å². The molecule has 0 aliphatic carbocycles. The number of aromatic nitrogens is 1. The number of hydrogen-bond acceptors (Lipinski definition) is 3. The van der Waals surface area contributed by atoms with Crippen molar-refractivity contribution in [1.82, 2.24) is 15.2 Å². The molecule has 3 aromatic rings. The summed E-state index contributed by atoms with van der Waals surface area (Å²) in [4.78, 5) is 31.5. The number of fused-ring (bicyclic) bond motifs is 1. The van der Waals surface area contributed by atoms with Crippen LogP contribution in [-0.4, -0.2) is 41.3 Å².